The van der Waals surface area contributed by atoms with Gasteiger partial charge in [-0.3, -0.25) is 14.3 Å². The van der Waals surface area contributed by atoms with Crippen molar-refractivity contribution in [3.63, 3.8) is 0 Å². The first-order valence-electron chi connectivity index (χ1n) is 6.96. The van der Waals surface area contributed by atoms with Crippen LogP contribution >= 0.6 is 0 Å². The Hall–Kier alpha value is -2.47. The summed E-state index contributed by atoms with van der Waals surface area (Å²) in [6.07, 6.45) is 1.12. The third-order valence-electron chi connectivity index (χ3n) is 3.22. The minimum atomic E-state index is -3.47. The van der Waals surface area contributed by atoms with Gasteiger partial charge in [-0.15, -0.1) is 0 Å². The van der Waals surface area contributed by atoms with E-state index in [2.05, 4.69) is 4.72 Å². The smallest absolute Gasteiger partial charge is 0.229 e. The van der Waals surface area contributed by atoms with Gasteiger partial charge in [0.05, 0.1) is 11.9 Å². The number of nitrogens with one attached hydrogen (secondary N) is 1. The summed E-state index contributed by atoms with van der Waals surface area (Å²) < 4.78 is 25.1. The van der Waals surface area contributed by atoms with Crippen LogP contribution in [0.15, 0.2) is 48.5 Å². The molecule has 5 nitrogen and oxygen atoms in total. The molecule has 0 aromatic heterocycles. The summed E-state index contributed by atoms with van der Waals surface area (Å²) in [5.74, 6) is -0.295. The number of rotatable bonds is 6. The summed E-state index contributed by atoms with van der Waals surface area (Å²) in [6, 6.07) is 13.3. The Bertz CT molecular complexity index is 856. The van der Waals surface area contributed by atoms with Crippen LogP contribution in [0, 0.1) is 0 Å². The highest BCUT2D eigenvalue weighted by molar-refractivity contribution is 7.92. The predicted octanol–water partition coefficient (Wildman–Crippen LogP) is 2.69. The number of anilines is 1. The van der Waals surface area contributed by atoms with Crippen LogP contribution in [0.4, 0.5) is 5.69 Å². The van der Waals surface area contributed by atoms with Gasteiger partial charge in [-0.05, 0) is 30.7 Å². The first kappa shape index (κ1) is 16.9. The molecule has 23 heavy (non-hydrogen) atoms. The molecule has 1 N–H and O–H groups in total. The molecule has 0 spiro atoms. The maximum Gasteiger partial charge on any atom is 0.229 e. The molecule has 0 fully saturated rings. The zero-order chi connectivity index (χ0) is 17.0. The van der Waals surface area contributed by atoms with Gasteiger partial charge in [0.2, 0.25) is 10.0 Å². The van der Waals surface area contributed by atoms with E-state index in [9.17, 15) is 18.0 Å². The Kier molecular flexibility index (Phi) is 4.95. The molecule has 0 radical (unpaired) electrons. The predicted molar refractivity (Wildman–Crippen MR) is 89.4 cm³/mol. The Labute approximate surface area is 135 Å². The summed E-state index contributed by atoms with van der Waals surface area (Å²) >= 11 is 0. The Morgan fingerprint density at radius 2 is 1.74 bits per heavy atom. The molecule has 0 atom stereocenters. The average molecular weight is 331 g/mol. The molecule has 6 heteroatoms. The lowest BCUT2D eigenvalue weighted by Gasteiger charge is -2.10. The van der Waals surface area contributed by atoms with Crippen molar-refractivity contribution in [3.05, 3.63) is 65.2 Å². The summed E-state index contributed by atoms with van der Waals surface area (Å²) in [5, 5.41) is 0. The largest absolute Gasteiger partial charge is 0.295 e. The molecule has 120 valence electrons. The first-order chi connectivity index (χ1) is 10.8. The maximum atomic E-state index is 12.5. The molecule has 0 saturated carbocycles. The zero-order valence-corrected chi connectivity index (χ0v) is 13.7. The zero-order valence-electron chi connectivity index (χ0n) is 12.9. The van der Waals surface area contributed by atoms with Crippen molar-refractivity contribution in [1.82, 2.24) is 0 Å². The van der Waals surface area contributed by atoms with Crippen LogP contribution in [0.2, 0.25) is 0 Å². The fourth-order valence-electron chi connectivity index (χ4n) is 2.20. The quantitative estimate of drug-likeness (QED) is 0.825. The molecular weight excluding hydrogens is 314 g/mol. The van der Waals surface area contributed by atoms with Gasteiger partial charge in [0.15, 0.2) is 11.6 Å². The van der Waals surface area contributed by atoms with E-state index in [-0.39, 0.29) is 23.7 Å². The lowest BCUT2D eigenvalue weighted by Crippen LogP contribution is -2.14. The van der Waals surface area contributed by atoms with Crippen molar-refractivity contribution < 1.29 is 18.0 Å². The van der Waals surface area contributed by atoms with E-state index in [1.165, 1.54) is 6.92 Å². The van der Waals surface area contributed by atoms with E-state index in [0.717, 1.165) is 6.26 Å². The van der Waals surface area contributed by atoms with Crippen molar-refractivity contribution in [2.24, 2.45) is 0 Å². The molecule has 0 aliphatic heterocycles. The number of carbonyl (C=O) groups excluding carboxylic acids is 2. The maximum absolute atomic E-state index is 12.5. The summed E-state index contributed by atoms with van der Waals surface area (Å²) in [7, 11) is -3.47. The number of hydrogen-bond donors (Lipinski definition) is 1. The summed E-state index contributed by atoms with van der Waals surface area (Å²) in [5.41, 5.74) is 1.79. The third-order valence-corrected chi connectivity index (χ3v) is 3.81. The number of carbonyl (C=O) groups is 2. The van der Waals surface area contributed by atoms with Gasteiger partial charge in [0.1, 0.15) is 0 Å². The molecule has 0 saturated heterocycles. The molecule has 0 aliphatic carbocycles. The topological polar surface area (TPSA) is 80.3 Å². The van der Waals surface area contributed by atoms with Crippen molar-refractivity contribution in [2.75, 3.05) is 11.0 Å². The normalized spacial score (nSPS) is 11.0. The number of benzene rings is 2. The standard InChI is InChI=1S/C17H17NO4S/c1-12(19)14-7-5-6-13(10-14)11-17(20)15-8-3-4-9-16(15)18-23(2,21)22/h3-10,18H,11H2,1-2H3. The lowest BCUT2D eigenvalue weighted by molar-refractivity contribution is 0.0988. The Morgan fingerprint density at radius 1 is 1.04 bits per heavy atom. The monoisotopic (exact) mass is 331 g/mol. The summed E-state index contributed by atoms with van der Waals surface area (Å²) in [4.78, 5) is 23.9. The van der Waals surface area contributed by atoms with Gasteiger partial charge >= 0.3 is 0 Å². The van der Waals surface area contributed by atoms with Gasteiger partial charge in [-0.25, -0.2) is 8.42 Å². The van der Waals surface area contributed by atoms with E-state index in [0.29, 0.717) is 16.7 Å². The fourth-order valence-corrected chi connectivity index (χ4v) is 2.77. The van der Waals surface area contributed by atoms with E-state index < -0.39 is 10.0 Å². The second-order valence-electron chi connectivity index (χ2n) is 5.28. The fraction of sp³-hybridized carbons (Fsp3) is 0.176. The van der Waals surface area contributed by atoms with Crippen molar-refractivity contribution in [3.8, 4) is 0 Å². The van der Waals surface area contributed by atoms with E-state index in [4.69, 9.17) is 0 Å². The summed E-state index contributed by atoms with van der Waals surface area (Å²) in [6.45, 7) is 1.46. The van der Waals surface area contributed by atoms with Crippen LogP contribution in [-0.2, 0) is 16.4 Å². The van der Waals surface area contributed by atoms with Crippen LogP contribution in [0.3, 0.4) is 0 Å². The molecule has 0 heterocycles. The van der Waals surface area contributed by atoms with Crippen molar-refractivity contribution in [2.45, 2.75) is 13.3 Å². The third kappa shape index (κ3) is 4.75. The van der Waals surface area contributed by atoms with Crippen LogP contribution in [0.1, 0.15) is 33.2 Å². The second kappa shape index (κ2) is 6.75. The van der Waals surface area contributed by atoms with Crippen molar-refractivity contribution >= 4 is 27.3 Å². The molecule has 2 aromatic rings. The van der Waals surface area contributed by atoms with Crippen LogP contribution in [0.5, 0.6) is 0 Å². The number of para-hydroxylation sites is 1. The minimum Gasteiger partial charge on any atom is -0.295 e. The van der Waals surface area contributed by atoms with Crippen LogP contribution in [-0.4, -0.2) is 26.2 Å². The van der Waals surface area contributed by atoms with Crippen molar-refractivity contribution in [1.29, 1.82) is 0 Å². The molecule has 0 bridgehead atoms. The van der Waals surface area contributed by atoms with Gasteiger partial charge < -0.3 is 0 Å². The Balaban J connectivity index is 2.28. The highest BCUT2D eigenvalue weighted by Crippen LogP contribution is 2.19. The molecule has 2 aromatic carbocycles. The van der Waals surface area contributed by atoms with E-state index in [1.807, 2.05) is 0 Å². The van der Waals surface area contributed by atoms with Crippen LogP contribution in [0.25, 0.3) is 0 Å². The lowest BCUT2D eigenvalue weighted by atomic mass is 9.99. The van der Waals surface area contributed by atoms with Gasteiger partial charge in [0, 0.05) is 17.5 Å². The van der Waals surface area contributed by atoms with Gasteiger partial charge in [0.25, 0.3) is 0 Å². The number of Topliss-reactive ketones (excluding diaryl/α,β-unsaturated/α-hetero) is 2. The van der Waals surface area contributed by atoms with Gasteiger partial charge in [-0.1, -0.05) is 30.3 Å². The highest BCUT2D eigenvalue weighted by atomic mass is 32.2. The molecule has 0 aliphatic rings. The number of sulfonamides is 1. The number of ketones is 2. The highest BCUT2D eigenvalue weighted by Gasteiger charge is 2.14. The molecule has 0 unspecified atom stereocenters. The molecular formula is C17H17NO4S. The average Bonchev–Trinajstić information content (AvgIpc) is 2.46. The van der Waals surface area contributed by atoms with Crippen LogP contribution < -0.4 is 4.72 Å². The molecule has 2 rings (SSSR count). The van der Waals surface area contributed by atoms with E-state index >= 15 is 0 Å². The molecule has 0 amide bonds. The SMILES string of the molecule is CC(=O)c1cccc(CC(=O)c2ccccc2NS(C)(=O)=O)c1. The second-order valence-corrected chi connectivity index (χ2v) is 7.02. The van der Waals surface area contributed by atoms with E-state index in [1.54, 1.807) is 48.5 Å². The van der Waals surface area contributed by atoms with Gasteiger partial charge in [-0.2, -0.15) is 0 Å². The minimum absolute atomic E-state index is 0.0709. The number of hydrogen-bond acceptors (Lipinski definition) is 4. The first-order valence-corrected chi connectivity index (χ1v) is 8.85. The Morgan fingerprint density at radius 3 is 2.39 bits per heavy atom.